The Hall–Kier alpha value is -1.85. The predicted octanol–water partition coefficient (Wildman–Crippen LogP) is 3.08. The van der Waals surface area contributed by atoms with Gasteiger partial charge < -0.3 is 0 Å². The van der Waals surface area contributed by atoms with Crippen molar-refractivity contribution < 1.29 is 12.7 Å². The van der Waals surface area contributed by atoms with E-state index in [4.69, 9.17) is 11.6 Å². The molecular weight excluding hydrogens is 286 g/mol. The van der Waals surface area contributed by atoms with Crippen molar-refractivity contribution in [2.75, 3.05) is 0 Å². The van der Waals surface area contributed by atoms with E-state index >= 15 is 0 Å². The maximum absolute atomic E-state index is 11.7. The molecular formula is C13H10ClNO3S. The summed E-state index contributed by atoms with van der Waals surface area (Å²) in [4.78, 5) is 0.0586. The first-order valence-electron chi connectivity index (χ1n) is 5.35. The Kier molecular flexibility index (Phi) is 4.19. The molecule has 0 atom stereocenters. The molecule has 0 heterocycles. The number of hydrogen-bond acceptors (Lipinski definition) is 4. The standard InChI is InChI=1S/C13H10ClNO3S/c14-12-8-6-11(7-9-12)10-15-18-19(16,17)13-4-2-1-3-5-13/h1-10H. The zero-order valence-electron chi connectivity index (χ0n) is 9.73. The summed E-state index contributed by atoms with van der Waals surface area (Å²) in [5.74, 6) is 0. The van der Waals surface area contributed by atoms with Crippen LogP contribution in [0, 0.1) is 0 Å². The molecule has 0 aliphatic heterocycles. The quantitative estimate of drug-likeness (QED) is 0.643. The van der Waals surface area contributed by atoms with Gasteiger partial charge in [0.15, 0.2) is 0 Å². The van der Waals surface area contributed by atoms with Gasteiger partial charge in [-0.1, -0.05) is 47.1 Å². The van der Waals surface area contributed by atoms with Gasteiger partial charge in [0.05, 0.1) is 6.21 Å². The fourth-order valence-corrected chi connectivity index (χ4v) is 2.18. The molecule has 0 aliphatic carbocycles. The molecule has 2 aromatic rings. The number of nitrogens with zero attached hydrogens (tertiary/aromatic N) is 1. The summed E-state index contributed by atoms with van der Waals surface area (Å²) in [5.41, 5.74) is 0.688. The van der Waals surface area contributed by atoms with Crippen LogP contribution in [0.25, 0.3) is 0 Å². The zero-order valence-corrected chi connectivity index (χ0v) is 11.3. The summed E-state index contributed by atoms with van der Waals surface area (Å²) >= 11 is 5.73. The second-order valence-electron chi connectivity index (χ2n) is 3.63. The lowest BCUT2D eigenvalue weighted by Gasteiger charge is -2.00. The summed E-state index contributed by atoms with van der Waals surface area (Å²) in [7, 11) is -3.86. The summed E-state index contributed by atoms with van der Waals surface area (Å²) in [6, 6.07) is 14.6. The first kappa shape index (κ1) is 13.6. The van der Waals surface area contributed by atoms with Crippen molar-refractivity contribution in [3.8, 4) is 0 Å². The fraction of sp³-hybridized carbons (Fsp3) is 0. The minimum absolute atomic E-state index is 0.0586. The molecule has 2 aromatic carbocycles. The zero-order chi connectivity index (χ0) is 13.7. The SMILES string of the molecule is O=S(=O)(ON=Cc1ccc(Cl)cc1)c1ccccc1. The molecule has 0 bridgehead atoms. The van der Waals surface area contributed by atoms with Gasteiger partial charge in [-0.05, 0) is 29.8 Å². The highest BCUT2D eigenvalue weighted by Crippen LogP contribution is 2.12. The van der Waals surface area contributed by atoms with E-state index in [2.05, 4.69) is 9.44 Å². The third-order valence-corrected chi connectivity index (χ3v) is 3.63. The topological polar surface area (TPSA) is 55.7 Å². The van der Waals surface area contributed by atoms with Gasteiger partial charge in [-0.25, -0.2) is 0 Å². The molecule has 0 fully saturated rings. The Morgan fingerprint density at radius 3 is 2.26 bits per heavy atom. The smallest absolute Gasteiger partial charge is 0.265 e. The Morgan fingerprint density at radius 2 is 1.63 bits per heavy atom. The normalized spacial score (nSPS) is 11.6. The lowest BCUT2D eigenvalue weighted by Crippen LogP contribution is -2.02. The number of halogens is 1. The third-order valence-electron chi connectivity index (χ3n) is 2.24. The number of oxime groups is 1. The van der Waals surface area contributed by atoms with Crippen molar-refractivity contribution in [2.45, 2.75) is 4.90 Å². The summed E-state index contributed by atoms with van der Waals surface area (Å²) in [5, 5.41) is 4.06. The van der Waals surface area contributed by atoms with E-state index < -0.39 is 10.1 Å². The van der Waals surface area contributed by atoms with Crippen molar-refractivity contribution in [1.29, 1.82) is 0 Å². The Morgan fingerprint density at radius 1 is 1.00 bits per heavy atom. The Balaban J connectivity index is 2.08. The maximum atomic E-state index is 11.7. The number of hydrogen-bond donors (Lipinski definition) is 0. The lowest BCUT2D eigenvalue weighted by atomic mass is 10.2. The first-order valence-corrected chi connectivity index (χ1v) is 7.14. The predicted molar refractivity (Wildman–Crippen MR) is 73.8 cm³/mol. The average Bonchev–Trinajstić information content (AvgIpc) is 2.42. The largest absolute Gasteiger partial charge is 0.358 e. The summed E-state index contributed by atoms with van der Waals surface area (Å²) in [6.07, 6.45) is 1.30. The molecule has 0 spiro atoms. The summed E-state index contributed by atoms with van der Waals surface area (Å²) < 4.78 is 28.0. The molecule has 0 amide bonds. The van der Waals surface area contributed by atoms with Crippen LogP contribution >= 0.6 is 11.6 Å². The first-order chi connectivity index (χ1) is 9.08. The van der Waals surface area contributed by atoms with E-state index in [1.165, 1.54) is 18.3 Å². The lowest BCUT2D eigenvalue weighted by molar-refractivity contribution is 0.341. The molecule has 0 radical (unpaired) electrons. The van der Waals surface area contributed by atoms with Crippen LogP contribution in [0.1, 0.15) is 5.56 Å². The van der Waals surface area contributed by atoms with E-state index in [9.17, 15) is 8.42 Å². The highest BCUT2D eigenvalue weighted by Gasteiger charge is 2.14. The van der Waals surface area contributed by atoms with E-state index in [0.717, 1.165) is 0 Å². The van der Waals surface area contributed by atoms with Crippen LogP contribution in [0.3, 0.4) is 0 Å². The summed E-state index contributed by atoms with van der Waals surface area (Å²) in [6.45, 7) is 0. The minimum atomic E-state index is -3.86. The second-order valence-corrected chi connectivity index (χ2v) is 5.59. The van der Waals surface area contributed by atoms with E-state index in [1.807, 2.05) is 0 Å². The van der Waals surface area contributed by atoms with Crippen LogP contribution < -0.4 is 0 Å². The van der Waals surface area contributed by atoms with E-state index in [0.29, 0.717) is 10.6 Å². The molecule has 0 unspecified atom stereocenters. The highest BCUT2D eigenvalue weighted by molar-refractivity contribution is 7.86. The van der Waals surface area contributed by atoms with Crippen LogP contribution in [0.5, 0.6) is 0 Å². The molecule has 0 saturated heterocycles. The van der Waals surface area contributed by atoms with Crippen LogP contribution in [0.2, 0.25) is 5.02 Å². The van der Waals surface area contributed by atoms with Gasteiger partial charge >= 0.3 is 10.1 Å². The van der Waals surface area contributed by atoms with E-state index in [1.54, 1.807) is 42.5 Å². The van der Waals surface area contributed by atoms with Crippen molar-refractivity contribution in [3.63, 3.8) is 0 Å². The van der Waals surface area contributed by atoms with Gasteiger partial charge in [0.25, 0.3) is 0 Å². The molecule has 0 saturated carbocycles. The van der Waals surface area contributed by atoms with Crippen molar-refractivity contribution in [1.82, 2.24) is 0 Å². The van der Waals surface area contributed by atoms with Gasteiger partial charge in [-0.2, -0.15) is 8.42 Å². The second kappa shape index (κ2) is 5.86. The fourth-order valence-electron chi connectivity index (χ4n) is 1.32. The minimum Gasteiger partial charge on any atom is -0.265 e. The van der Waals surface area contributed by atoms with Crippen molar-refractivity contribution in [3.05, 3.63) is 65.2 Å². The highest BCUT2D eigenvalue weighted by atomic mass is 35.5. The van der Waals surface area contributed by atoms with Crippen LogP contribution in [0.15, 0.2) is 64.6 Å². The van der Waals surface area contributed by atoms with Crippen LogP contribution in [-0.2, 0) is 14.4 Å². The van der Waals surface area contributed by atoms with Crippen LogP contribution in [-0.4, -0.2) is 14.6 Å². The molecule has 4 nitrogen and oxygen atoms in total. The Labute approximate surface area is 116 Å². The molecule has 98 valence electrons. The number of rotatable bonds is 4. The van der Waals surface area contributed by atoms with Gasteiger partial charge in [0.1, 0.15) is 4.90 Å². The maximum Gasteiger partial charge on any atom is 0.358 e. The molecule has 6 heteroatoms. The monoisotopic (exact) mass is 295 g/mol. The molecule has 2 rings (SSSR count). The Bertz CT molecular complexity index is 667. The molecule has 19 heavy (non-hydrogen) atoms. The van der Waals surface area contributed by atoms with Crippen molar-refractivity contribution in [2.24, 2.45) is 5.16 Å². The average molecular weight is 296 g/mol. The van der Waals surface area contributed by atoms with Gasteiger partial charge in [-0.15, -0.1) is 0 Å². The third kappa shape index (κ3) is 3.81. The van der Waals surface area contributed by atoms with Gasteiger partial charge in [0.2, 0.25) is 0 Å². The van der Waals surface area contributed by atoms with Gasteiger partial charge in [0, 0.05) is 5.02 Å². The molecule has 0 aliphatic rings. The van der Waals surface area contributed by atoms with Crippen molar-refractivity contribution >= 4 is 27.9 Å². The number of benzene rings is 2. The molecule has 0 aromatic heterocycles. The van der Waals surface area contributed by atoms with Crippen LogP contribution in [0.4, 0.5) is 0 Å². The van der Waals surface area contributed by atoms with E-state index in [-0.39, 0.29) is 4.90 Å². The molecule has 0 N–H and O–H groups in total. The van der Waals surface area contributed by atoms with Gasteiger partial charge in [-0.3, -0.25) is 4.28 Å².